The molecule has 0 aromatic heterocycles. The Morgan fingerprint density at radius 3 is 2.23 bits per heavy atom. The molecule has 1 N–H and O–H groups in total. The van der Waals surface area contributed by atoms with Crippen LogP contribution in [0.25, 0.3) is 0 Å². The summed E-state index contributed by atoms with van der Waals surface area (Å²) in [5.41, 5.74) is 0. The molecular formula is C11H25NO. The molecule has 2 nitrogen and oxygen atoms in total. The highest BCUT2D eigenvalue weighted by Gasteiger charge is 2.16. The summed E-state index contributed by atoms with van der Waals surface area (Å²) in [5.74, 6) is 0.539. The number of unbranched alkanes of at least 4 members (excludes halogenated alkanes) is 2. The van der Waals surface area contributed by atoms with Crippen molar-refractivity contribution in [3.63, 3.8) is 0 Å². The number of aliphatic hydroxyl groups is 1. The number of aliphatic hydroxyl groups excluding tert-OH is 1. The predicted molar refractivity (Wildman–Crippen MR) is 57.9 cm³/mol. The van der Waals surface area contributed by atoms with Gasteiger partial charge in [-0.25, -0.2) is 0 Å². The van der Waals surface area contributed by atoms with E-state index in [9.17, 15) is 5.11 Å². The van der Waals surface area contributed by atoms with Crippen molar-refractivity contribution >= 4 is 0 Å². The third kappa shape index (κ3) is 5.27. The monoisotopic (exact) mass is 187 g/mol. The molecule has 0 amide bonds. The smallest absolute Gasteiger partial charge is 0.0589 e. The van der Waals surface area contributed by atoms with Crippen molar-refractivity contribution in [2.45, 2.75) is 46.1 Å². The van der Waals surface area contributed by atoms with Gasteiger partial charge >= 0.3 is 0 Å². The van der Waals surface area contributed by atoms with Crippen molar-refractivity contribution in [2.75, 3.05) is 20.2 Å². The Morgan fingerprint density at radius 1 is 1.23 bits per heavy atom. The van der Waals surface area contributed by atoms with Crippen LogP contribution in [0.15, 0.2) is 0 Å². The highest BCUT2D eigenvalue weighted by Crippen LogP contribution is 2.09. The minimum atomic E-state index is 0.278. The topological polar surface area (TPSA) is 23.5 Å². The Labute approximate surface area is 82.9 Å². The molecule has 0 aromatic carbocycles. The first-order valence-electron chi connectivity index (χ1n) is 5.44. The fourth-order valence-electron chi connectivity index (χ4n) is 1.64. The molecule has 13 heavy (non-hydrogen) atoms. The maximum atomic E-state index is 9.18. The zero-order valence-corrected chi connectivity index (χ0v) is 9.58. The number of nitrogens with zero attached hydrogens (tertiary/aromatic N) is 1. The lowest BCUT2D eigenvalue weighted by Gasteiger charge is -2.29. The van der Waals surface area contributed by atoms with E-state index in [4.69, 9.17) is 0 Å². The summed E-state index contributed by atoms with van der Waals surface area (Å²) in [7, 11) is 2.11. The molecule has 2 heteroatoms. The van der Waals surface area contributed by atoms with Crippen molar-refractivity contribution in [1.82, 2.24) is 4.90 Å². The van der Waals surface area contributed by atoms with E-state index >= 15 is 0 Å². The Hall–Kier alpha value is -0.0800. The molecule has 0 radical (unpaired) electrons. The van der Waals surface area contributed by atoms with Gasteiger partial charge in [0.1, 0.15) is 0 Å². The lowest BCUT2D eigenvalue weighted by molar-refractivity contribution is 0.111. The van der Waals surface area contributed by atoms with Crippen molar-refractivity contribution in [2.24, 2.45) is 5.92 Å². The molecule has 0 aliphatic rings. The molecule has 80 valence electrons. The van der Waals surface area contributed by atoms with Gasteiger partial charge in [0.25, 0.3) is 0 Å². The number of hydrogen-bond acceptors (Lipinski definition) is 2. The average molecular weight is 187 g/mol. The first kappa shape index (κ1) is 12.9. The molecular weight excluding hydrogens is 162 g/mol. The molecule has 0 saturated heterocycles. The van der Waals surface area contributed by atoms with E-state index in [0.29, 0.717) is 12.0 Å². The van der Waals surface area contributed by atoms with Gasteiger partial charge in [-0.05, 0) is 25.9 Å². The van der Waals surface area contributed by atoms with Crippen molar-refractivity contribution in [3.8, 4) is 0 Å². The van der Waals surface area contributed by atoms with E-state index in [2.05, 4.69) is 32.7 Å². The standard InChI is InChI=1S/C11H25NO/c1-5-6-7-8-12(4)11(9-13)10(2)3/h10-11,13H,5-9H2,1-4H3. The van der Waals surface area contributed by atoms with Crippen LogP contribution >= 0.6 is 0 Å². The number of rotatable bonds is 7. The summed E-state index contributed by atoms with van der Waals surface area (Å²) < 4.78 is 0. The van der Waals surface area contributed by atoms with Crippen molar-refractivity contribution in [1.29, 1.82) is 0 Å². The second-order valence-electron chi connectivity index (χ2n) is 4.18. The Bertz CT molecular complexity index is 115. The van der Waals surface area contributed by atoms with Crippen LogP contribution in [0.2, 0.25) is 0 Å². The largest absolute Gasteiger partial charge is 0.395 e. The minimum absolute atomic E-state index is 0.278. The Morgan fingerprint density at radius 2 is 1.85 bits per heavy atom. The van der Waals surface area contributed by atoms with Crippen LogP contribution in [0, 0.1) is 5.92 Å². The van der Waals surface area contributed by atoms with Crippen LogP contribution in [0.3, 0.4) is 0 Å². The van der Waals surface area contributed by atoms with E-state index in [1.165, 1.54) is 19.3 Å². The average Bonchev–Trinajstić information content (AvgIpc) is 2.05. The van der Waals surface area contributed by atoms with E-state index in [-0.39, 0.29) is 6.61 Å². The molecule has 0 aliphatic carbocycles. The SMILES string of the molecule is CCCCCN(C)C(CO)C(C)C. The van der Waals surface area contributed by atoms with Gasteiger partial charge in [-0.3, -0.25) is 0 Å². The van der Waals surface area contributed by atoms with Crippen LogP contribution in [0.1, 0.15) is 40.0 Å². The van der Waals surface area contributed by atoms with Crippen LogP contribution in [-0.4, -0.2) is 36.2 Å². The van der Waals surface area contributed by atoms with Gasteiger partial charge in [0.2, 0.25) is 0 Å². The zero-order valence-electron chi connectivity index (χ0n) is 9.58. The van der Waals surface area contributed by atoms with Gasteiger partial charge in [-0.2, -0.15) is 0 Å². The molecule has 0 rings (SSSR count). The summed E-state index contributed by atoms with van der Waals surface area (Å²) in [5, 5.41) is 9.18. The third-order valence-electron chi connectivity index (χ3n) is 2.64. The molecule has 1 unspecified atom stereocenters. The molecule has 0 aromatic rings. The maximum Gasteiger partial charge on any atom is 0.0589 e. The van der Waals surface area contributed by atoms with E-state index in [0.717, 1.165) is 6.54 Å². The fraction of sp³-hybridized carbons (Fsp3) is 1.00. The summed E-state index contributed by atoms with van der Waals surface area (Å²) >= 11 is 0. The Kier molecular flexibility index (Phi) is 7.29. The number of likely N-dealkylation sites (N-methyl/N-ethyl adjacent to an activating group) is 1. The summed E-state index contributed by atoms with van der Waals surface area (Å²) in [4.78, 5) is 2.28. The van der Waals surface area contributed by atoms with Gasteiger partial charge in [0.05, 0.1) is 6.61 Å². The first-order chi connectivity index (χ1) is 6.13. The summed E-state index contributed by atoms with van der Waals surface area (Å²) in [6.45, 7) is 7.93. The molecule has 1 atom stereocenters. The predicted octanol–water partition coefficient (Wildman–Crippen LogP) is 2.13. The highest BCUT2D eigenvalue weighted by atomic mass is 16.3. The van der Waals surface area contributed by atoms with Crippen molar-refractivity contribution in [3.05, 3.63) is 0 Å². The maximum absolute atomic E-state index is 9.18. The summed E-state index contributed by atoms with van der Waals surface area (Å²) in [6.07, 6.45) is 3.80. The molecule has 0 fully saturated rings. The molecule has 0 saturated carbocycles. The van der Waals surface area contributed by atoms with E-state index < -0.39 is 0 Å². The quantitative estimate of drug-likeness (QED) is 0.617. The molecule has 0 aliphatic heterocycles. The van der Waals surface area contributed by atoms with E-state index in [1.807, 2.05) is 0 Å². The first-order valence-corrected chi connectivity index (χ1v) is 5.44. The second-order valence-corrected chi connectivity index (χ2v) is 4.18. The minimum Gasteiger partial charge on any atom is -0.395 e. The van der Waals surface area contributed by atoms with Gasteiger partial charge in [0.15, 0.2) is 0 Å². The lowest BCUT2D eigenvalue weighted by atomic mass is 10.0. The van der Waals surface area contributed by atoms with Gasteiger partial charge in [-0.1, -0.05) is 33.6 Å². The van der Waals surface area contributed by atoms with E-state index in [1.54, 1.807) is 0 Å². The number of hydrogen-bond donors (Lipinski definition) is 1. The lowest BCUT2D eigenvalue weighted by Crippen LogP contribution is -2.39. The molecule has 0 heterocycles. The zero-order chi connectivity index (χ0) is 10.3. The highest BCUT2D eigenvalue weighted by molar-refractivity contribution is 4.70. The third-order valence-corrected chi connectivity index (χ3v) is 2.64. The van der Waals surface area contributed by atoms with Gasteiger partial charge < -0.3 is 10.0 Å². The van der Waals surface area contributed by atoms with Crippen LogP contribution < -0.4 is 0 Å². The van der Waals surface area contributed by atoms with Crippen LogP contribution in [0.4, 0.5) is 0 Å². The van der Waals surface area contributed by atoms with Gasteiger partial charge in [0, 0.05) is 6.04 Å². The molecule has 0 spiro atoms. The normalized spacial score (nSPS) is 14.1. The Balaban J connectivity index is 3.70. The van der Waals surface area contributed by atoms with Gasteiger partial charge in [-0.15, -0.1) is 0 Å². The molecule has 0 bridgehead atoms. The summed E-state index contributed by atoms with van der Waals surface area (Å²) in [6, 6.07) is 0.330. The van der Waals surface area contributed by atoms with Crippen LogP contribution in [-0.2, 0) is 0 Å². The van der Waals surface area contributed by atoms with Crippen molar-refractivity contribution < 1.29 is 5.11 Å². The fourth-order valence-corrected chi connectivity index (χ4v) is 1.64. The second kappa shape index (κ2) is 7.34. The van der Waals surface area contributed by atoms with Crippen LogP contribution in [0.5, 0.6) is 0 Å².